The van der Waals surface area contributed by atoms with Crippen LogP contribution in [0.1, 0.15) is 6.92 Å². The second-order valence-corrected chi connectivity index (χ2v) is 3.08. The Hall–Kier alpha value is -1.29. The van der Waals surface area contributed by atoms with Gasteiger partial charge in [0.1, 0.15) is 11.6 Å². The number of anilines is 1. The summed E-state index contributed by atoms with van der Waals surface area (Å²) in [5.74, 6) is 0.228. The summed E-state index contributed by atoms with van der Waals surface area (Å²) in [6, 6.07) is 4.42. The van der Waals surface area contributed by atoms with E-state index < -0.39 is 6.10 Å². The number of aliphatic hydroxyl groups is 1. The van der Waals surface area contributed by atoms with Gasteiger partial charge in [-0.25, -0.2) is 4.39 Å². The molecule has 1 aromatic rings. The number of halogens is 1. The van der Waals surface area contributed by atoms with Crippen LogP contribution in [0.15, 0.2) is 18.2 Å². The van der Waals surface area contributed by atoms with Crippen molar-refractivity contribution in [3.8, 4) is 5.75 Å². The van der Waals surface area contributed by atoms with E-state index in [4.69, 9.17) is 9.84 Å². The molecular weight excluding hydrogens is 185 g/mol. The highest BCUT2D eigenvalue weighted by Crippen LogP contribution is 2.20. The number of benzene rings is 1. The van der Waals surface area contributed by atoms with Crippen LogP contribution in [-0.2, 0) is 0 Å². The third kappa shape index (κ3) is 2.88. The Bertz CT molecular complexity index is 302. The molecule has 0 amide bonds. The highest BCUT2D eigenvalue weighted by molar-refractivity contribution is 5.49. The number of aliphatic hydroxyl groups excluding tert-OH is 1. The first kappa shape index (κ1) is 10.8. The van der Waals surface area contributed by atoms with E-state index in [0.29, 0.717) is 18.0 Å². The fraction of sp³-hybridized carbons (Fsp3) is 0.400. The Morgan fingerprint density at radius 1 is 1.57 bits per heavy atom. The largest absolute Gasteiger partial charge is 0.497 e. The fourth-order valence-electron chi connectivity index (χ4n) is 1.02. The first-order valence-electron chi connectivity index (χ1n) is 4.39. The van der Waals surface area contributed by atoms with Crippen molar-refractivity contribution in [2.45, 2.75) is 13.0 Å². The molecule has 0 aliphatic heterocycles. The van der Waals surface area contributed by atoms with Crippen molar-refractivity contribution in [1.82, 2.24) is 0 Å². The number of methoxy groups -OCH3 is 1. The van der Waals surface area contributed by atoms with Gasteiger partial charge in [0, 0.05) is 12.6 Å². The summed E-state index contributed by atoms with van der Waals surface area (Å²) in [5.41, 5.74) is 0.338. The lowest BCUT2D eigenvalue weighted by atomic mass is 10.2. The summed E-state index contributed by atoms with van der Waals surface area (Å²) in [4.78, 5) is 0. The SMILES string of the molecule is COc1ccc(F)c(NCC(C)O)c1. The number of rotatable bonds is 4. The first-order valence-corrected chi connectivity index (χ1v) is 4.39. The van der Waals surface area contributed by atoms with Gasteiger partial charge in [0.05, 0.1) is 18.9 Å². The lowest BCUT2D eigenvalue weighted by molar-refractivity contribution is 0.208. The van der Waals surface area contributed by atoms with Gasteiger partial charge < -0.3 is 15.2 Å². The Morgan fingerprint density at radius 3 is 2.86 bits per heavy atom. The Morgan fingerprint density at radius 2 is 2.29 bits per heavy atom. The van der Waals surface area contributed by atoms with Crippen molar-refractivity contribution in [3.63, 3.8) is 0 Å². The molecule has 4 heteroatoms. The molecular formula is C10H14FNO2. The van der Waals surface area contributed by atoms with E-state index in [1.807, 2.05) is 0 Å². The number of hydrogen-bond acceptors (Lipinski definition) is 3. The first-order chi connectivity index (χ1) is 6.63. The number of ether oxygens (including phenoxy) is 1. The smallest absolute Gasteiger partial charge is 0.146 e. The molecule has 2 N–H and O–H groups in total. The second kappa shape index (κ2) is 4.81. The summed E-state index contributed by atoms with van der Waals surface area (Å²) in [6.45, 7) is 1.94. The van der Waals surface area contributed by atoms with Crippen LogP contribution in [0.2, 0.25) is 0 Å². The fourth-order valence-corrected chi connectivity index (χ4v) is 1.02. The minimum Gasteiger partial charge on any atom is -0.497 e. The summed E-state index contributed by atoms with van der Waals surface area (Å²) < 4.78 is 18.1. The van der Waals surface area contributed by atoms with Crippen molar-refractivity contribution in [3.05, 3.63) is 24.0 Å². The molecule has 1 aromatic carbocycles. The normalized spacial score (nSPS) is 12.3. The Kier molecular flexibility index (Phi) is 3.71. The van der Waals surface area contributed by atoms with Crippen molar-refractivity contribution < 1.29 is 14.2 Å². The second-order valence-electron chi connectivity index (χ2n) is 3.08. The minimum atomic E-state index is -0.513. The average Bonchev–Trinajstić information content (AvgIpc) is 2.16. The van der Waals surface area contributed by atoms with Crippen LogP contribution in [0.3, 0.4) is 0 Å². The van der Waals surface area contributed by atoms with Crippen LogP contribution in [0, 0.1) is 5.82 Å². The van der Waals surface area contributed by atoms with Crippen LogP contribution in [-0.4, -0.2) is 24.9 Å². The van der Waals surface area contributed by atoms with Gasteiger partial charge in [-0.1, -0.05) is 0 Å². The lowest BCUT2D eigenvalue weighted by Crippen LogP contribution is -2.16. The number of hydrogen-bond donors (Lipinski definition) is 2. The summed E-state index contributed by atoms with van der Waals surface area (Å²) >= 11 is 0. The third-order valence-corrected chi connectivity index (χ3v) is 1.76. The molecule has 14 heavy (non-hydrogen) atoms. The molecule has 0 heterocycles. The molecule has 1 rings (SSSR count). The van der Waals surface area contributed by atoms with E-state index in [1.54, 1.807) is 19.1 Å². The van der Waals surface area contributed by atoms with Crippen molar-refractivity contribution in [1.29, 1.82) is 0 Å². The molecule has 0 bridgehead atoms. The predicted octanol–water partition coefficient (Wildman–Crippen LogP) is 1.63. The van der Waals surface area contributed by atoms with E-state index in [9.17, 15) is 4.39 Å². The summed E-state index contributed by atoms with van der Waals surface area (Å²) in [5, 5.41) is 11.8. The summed E-state index contributed by atoms with van der Waals surface area (Å²) in [6.07, 6.45) is -0.513. The van der Waals surface area contributed by atoms with Crippen molar-refractivity contribution >= 4 is 5.69 Å². The maximum Gasteiger partial charge on any atom is 0.146 e. The van der Waals surface area contributed by atoms with Gasteiger partial charge in [0.15, 0.2) is 0 Å². The van der Waals surface area contributed by atoms with Gasteiger partial charge in [-0.15, -0.1) is 0 Å². The Labute approximate surface area is 82.5 Å². The zero-order valence-corrected chi connectivity index (χ0v) is 8.25. The number of nitrogens with one attached hydrogen (secondary N) is 1. The minimum absolute atomic E-state index is 0.310. The van der Waals surface area contributed by atoms with Gasteiger partial charge >= 0.3 is 0 Å². The molecule has 0 aliphatic rings. The van der Waals surface area contributed by atoms with E-state index in [0.717, 1.165) is 0 Å². The third-order valence-electron chi connectivity index (χ3n) is 1.76. The van der Waals surface area contributed by atoms with Gasteiger partial charge in [-0.05, 0) is 19.1 Å². The molecule has 0 aromatic heterocycles. The zero-order chi connectivity index (χ0) is 10.6. The summed E-state index contributed by atoms with van der Waals surface area (Å²) in [7, 11) is 1.52. The van der Waals surface area contributed by atoms with E-state index in [-0.39, 0.29) is 5.82 Å². The highest BCUT2D eigenvalue weighted by atomic mass is 19.1. The van der Waals surface area contributed by atoms with Gasteiger partial charge in [-0.3, -0.25) is 0 Å². The van der Waals surface area contributed by atoms with E-state index in [1.165, 1.54) is 13.2 Å². The molecule has 3 nitrogen and oxygen atoms in total. The standard InChI is InChI=1S/C10H14FNO2/c1-7(13)6-12-10-5-8(14-2)3-4-9(10)11/h3-5,7,12-13H,6H2,1-2H3. The highest BCUT2D eigenvalue weighted by Gasteiger charge is 2.04. The maximum atomic E-state index is 13.2. The molecule has 0 aliphatic carbocycles. The van der Waals surface area contributed by atoms with E-state index in [2.05, 4.69) is 5.32 Å². The predicted molar refractivity (Wildman–Crippen MR) is 53.1 cm³/mol. The molecule has 0 spiro atoms. The quantitative estimate of drug-likeness (QED) is 0.774. The molecule has 0 fully saturated rings. The average molecular weight is 199 g/mol. The molecule has 1 unspecified atom stereocenters. The molecule has 0 radical (unpaired) electrons. The van der Waals surface area contributed by atoms with Crippen LogP contribution < -0.4 is 10.1 Å². The van der Waals surface area contributed by atoms with Crippen LogP contribution in [0.25, 0.3) is 0 Å². The zero-order valence-electron chi connectivity index (χ0n) is 8.25. The van der Waals surface area contributed by atoms with Gasteiger partial charge in [0.25, 0.3) is 0 Å². The molecule has 78 valence electrons. The molecule has 0 saturated heterocycles. The van der Waals surface area contributed by atoms with Crippen LogP contribution in [0.5, 0.6) is 5.75 Å². The Balaban J connectivity index is 2.73. The van der Waals surface area contributed by atoms with Crippen LogP contribution in [0.4, 0.5) is 10.1 Å². The van der Waals surface area contributed by atoms with Gasteiger partial charge in [0.2, 0.25) is 0 Å². The van der Waals surface area contributed by atoms with Crippen LogP contribution >= 0.6 is 0 Å². The van der Waals surface area contributed by atoms with Crippen molar-refractivity contribution in [2.24, 2.45) is 0 Å². The molecule has 1 atom stereocenters. The lowest BCUT2D eigenvalue weighted by Gasteiger charge is -2.10. The molecule has 0 saturated carbocycles. The van der Waals surface area contributed by atoms with Gasteiger partial charge in [-0.2, -0.15) is 0 Å². The maximum absolute atomic E-state index is 13.2. The van der Waals surface area contributed by atoms with Crippen molar-refractivity contribution in [2.75, 3.05) is 19.0 Å². The monoisotopic (exact) mass is 199 g/mol. The topological polar surface area (TPSA) is 41.5 Å². The van der Waals surface area contributed by atoms with E-state index >= 15 is 0 Å².